The molecule has 0 saturated carbocycles. The van der Waals surface area contributed by atoms with E-state index >= 15 is 0 Å². The maximum atomic E-state index is 6.15. The molecule has 1 unspecified atom stereocenters. The Morgan fingerprint density at radius 3 is 2.50 bits per heavy atom. The summed E-state index contributed by atoms with van der Waals surface area (Å²) in [7, 11) is 0. The third kappa shape index (κ3) is 3.61. The molecule has 20 heavy (non-hydrogen) atoms. The molecule has 1 nitrogen and oxygen atoms in total. The lowest BCUT2D eigenvalue weighted by molar-refractivity contribution is 0.209. The van der Waals surface area contributed by atoms with Gasteiger partial charge < -0.3 is 4.74 Å². The van der Waals surface area contributed by atoms with Crippen molar-refractivity contribution in [3.63, 3.8) is 0 Å². The lowest BCUT2D eigenvalue weighted by Crippen LogP contribution is -2.07. The molecule has 2 aromatic carbocycles. The van der Waals surface area contributed by atoms with Crippen molar-refractivity contribution in [1.29, 1.82) is 0 Å². The minimum atomic E-state index is -0.0337. The Morgan fingerprint density at radius 2 is 1.85 bits per heavy atom. The van der Waals surface area contributed by atoms with Crippen LogP contribution in [0.4, 0.5) is 0 Å². The van der Waals surface area contributed by atoms with Gasteiger partial charge in [-0.05, 0) is 23.8 Å². The molecule has 0 fully saturated rings. The van der Waals surface area contributed by atoms with Crippen LogP contribution < -0.4 is 4.74 Å². The maximum absolute atomic E-state index is 6.15. The summed E-state index contributed by atoms with van der Waals surface area (Å²) in [6.45, 7) is 7.65. The minimum Gasteiger partial charge on any atom is -0.485 e. The largest absolute Gasteiger partial charge is 0.485 e. The zero-order valence-corrected chi connectivity index (χ0v) is 12.8. The first-order valence-electron chi connectivity index (χ1n) is 6.49. The van der Waals surface area contributed by atoms with E-state index in [1.165, 1.54) is 0 Å². The maximum Gasteiger partial charge on any atom is 0.127 e. The molecule has 0 aliphatic heterocycles. The Labute approximate surface area is 128 Å². The first-order chi connectivity index (χ1) is 9.74. The van der Waals surface area contributed by atoms with Crippen LogP contribution >= 0.6 is 15.9 Å². The van der Waals surface area contributed by atoms with E-state index in [4.69, 9.17) is 4.74 Å². The van der Waals surface area contributed by atoms with Crippen molar-refractivity contribution in [3.8, 4) is 5.75 Å². The van der Waals surface area contributed by atoms with Crippen molar-refractivity contribution in [1.82, 2.24) is 0 Å². The highest BCUT2D eigenvalue weighted by atomic mass is 79.9. The first kappa shape index (κ1) is 14.6. The Balaban J connectivity index is 2.29. The molecule has 2 aromatic rings. The minimum absolute atomic E-state index is 0.0337. The second kappa shape index (κ2) is 7.11. The summed E-state index contributed by atoms with van der Waals surface area (Å²) in [4.78, 5) is 0. The van der Waals surface area contributed by atoms with Gasteiger partial charge in [0.25, 0.3) is 0 Å². The summed E-state index contributed by atoms with van der Waals surface area (Å²) < 4.78 is 7.17. The van der Waals surface area contributed by atoms with Gasteiger partial charge in [-0.15, -0.1) is 6.58 Å². The molecule has 0 radical (unpaired) electrons. The van der Waals surface area contributed by atoms with Gasteiger partial charge in [-0.25, -0.2) is 0 Å². The topological polar surface area (TPSA) is 9.23 Å². The van der Waals surface area contributed by atoms with E-state index in [0.717, 1.165) is 27.8 Å². The molecule has 102 valence electrons. The second-order valence-corrected chi connectivity index (χ2v) is 5.34. The summed E-state index contributed by atoms with van der Waals surface area (Å²) in [5, 5.41) is 0. The van der Waals surface area contributed by atoms with Crippen LogP contribution in [0.5, 0.6) is 5.75 Å². The molecule has 0 bridgehead atoms. The normalized spacial score (nSPS) is 11.7. The van der Waals surface area contributed by atoms with Gasteiger partial charge in [-0.3, -0.25) is 0 Å². The molecule has 0 heterocycles. The van der Waals surface area contributed by atoms with Gasteiger partial charge in [0.05, 0.1) is 0 Å². The van der Waals surface area contributed by atoms with Gasteiger partial charge in [-0.2, -0.15) is 0 Å². The van der Waals surface area contributed by atoms with Crippen molar-refractivity contribution < 1.29 is 4.74 Å². The van der Waals surface area contributed by atoms with Gasteiger partial charge in [-0.1, -0.05) is 65.0 Å². The van der Waals surface area contributed by atoms with Crippen LogP contribution in [-0.2, 0) is 0 Å². The lowest BCUT2D eigenvalue weighted by atomic mass is 10.1. The van der Waals surface area contributed by atoms with Crippen LogP contribution in [0.25, 0.3) is 6.08 Å². The van der Waals surface area contributed by atoms with Gasteiger partial charge in [0, 0.05) is 16.5 Å². The fourth-order valence-electron chi connectivity index (χ4n) is 2.01. The van der Waals surface area contributed by atoms with E-state index in [9.17, 15) is 0 Å². The molecule has 0 amide bonds. The zero-order chi connectivity index (χ0) is 14.4. The van der Waals surface area contributed by atoms with Crippen LogP contribution in [0.15, 0.2) is 72.2 Å². The molecular weight excluding hydrogens is 312 g/mol. The van der Waals surface area contributed by atoms with Crippen molar-refractivity contribution in [3.05, 3.63) is 83.4 Å². The van der Waals surface area contributed by atoms with E-state index in [2.05, 4.69) is 41.2 Å². The molecule has 2 rings (SSSR count). The molecular formula is C18H17BrO. The van der Waals surface area contributed by atoms with Crippen molar-refractivity contribution >= 4 is 22.0 Å². The van der Waals surface area contributed by atoms with Gasteiger partial charge in [0.1, 0.15) is 11.9 Å². The fraction of sp³-hybridized carbons (Fsp3) is 0.111. The highest BCUT2D eigenvalue weighted by Crippen LogP contribution is 2.30. The average molecular weight is 329 g/mol. The molecule has 0 saturated heterocycles. The SMILES string of the molecule is C=CCC(Oc1ccc(Br)cc1C=C)c1ccccc1. The highest BCUT2D eigenvalue weighted by molar-refractivity contribution is 9.10. The van der Waals surface area contributed by atoms with E-state index in [-0.39, 0.29) is 6.10 Å². The number of rotatable bonds is 6. The number of halogens is 1. The number of hydrogen-bond donors (Lipinski definition) is 0. The van der Waals surface area contributed by atoms with Crippen LogP contribution in [0.2, 0.25) is 0 Å². The fourth-order valence-corrected chi connectivity index (χ4v) is 2.39. The van der Waals surface area contributed by atoms with Crippen molar-refractivity contribution in [2.45, 2.75) is 12.5 Å². The van der Waals surface area contributed by atoms with Crippen LogP contribution in [0, 0.1) is 0 Å². The summed E-state index contributed by atoms with van der Waals surface area (Å²) in [6.07, 6.45) is 4.41. The molecule has 0 aromatic heterocycles. The summed E-state index contributed by atoms with van der Waals surface area (Å²) in [5.74, 6) is 0.832. The van der Waals surface area contributed by atoms with Gasteiger partial charge in [0.15, 0.2) is 0 Å². The summed E-state index contributed by atoms with van der Waals surface area (Å²) in [5.41, 5.74) is 2.12. The predicted molar refractivity (Wildman–Crippen MR) is 88.9 cm³/mol. The first-order valence-corrected chi connectivity index (χ1v) is 7.28. The van der Waals surface area contributed by atoms with Gasteiger partial charge >= 0.3 is 0 Å². The van der Waals surface area contributed by atoms with Crippen LogP contribution in [-0.4, -0.2) is 0 Å². The lowest BCUT2D eigenvalue weighted by Gasteiger charge is -2.20. The molecule has 1 atom stereocenters. The van der Waals surface area contributed by atoms with E-state index in [1.807, 2.05) is 42.5 Å². The summed E-state index contributed by atoms with van der Waals surface area (Å²) >= 11 is 3.46. The Bertz CT molecular complexity index is 590. The Morgan fingerprint density at radius 1 is 1.10 bits per heavy atom. The highest BCUT2D eigenvalue weighted by Gasteiger charge is 2.13. The predicted octanol–water partition coefficient (Wildman–Crippen LogP) is 5.79. The average Bonchev–Trinajstić information content (AvgIpc) is 2.49. The van der Waals surface area contributed by atoms with Crippen molar-refractivity contribution in [2.24, 2.45) is 0 Å². The molecule has 2 heteroatoms. The number of ether oxygens (including phenoxy) is 1. The summed E-state index contributed by atoms with van der Waals surface area (Å²) in [6, 6.07) is 16.1. The molecule has 0 aliphatic carbocycles. The van der Waals surface area contributed by atoms with Crippen LogP contribution in [0.1, 0.15) is 23.7 Å². The molecule has 0 aliphatic rings. The smallest absolute Gasteiger partial charge is 0.127 e. The quantitative estimate of drug-likeness (QED) is 0.610. The third-order valence-corrected chi connectivity index (χ3v) is 3.51. The zero-order valence-electron chi connectivity index (χ0n) is 11.3. The van der Waals surface area contributed by atoms with Crippen LogP contribution in [0.3, 0.4) is 0 Å². The molecule has 0 N–H and O–H groups in total. The standard InChI is InChI=1S/C18H17BrO/c1-3-8-17(15-9-6-5-7-10-15)20-18-12-11-16(19)13-14(18)4-2/h3-7,9-13,17H,1-2,8H2. The molecule has 0 spiro atoms. The number of hydrogen-bond acceptors (Lipinski definition) is 1. The van der Waals surface area contributed by atoms with E-state index in [1.54, 1.807) is 6.08 Å². The Hall–Kier alpha value is -1.80. The van der Waals surface area contributed by atoms with E-state index < -0.39 is 0 Å². The Kier molecular flexibility index (Phi) is 5.19. The monoisotopic (exact) mass is 328 g/mol. The third-order valence-electron chi connectivity index (χ3n) is 3.01. The van der Waals surface area contributed by atoms with Crippen molar-refractivity contribution in [2.75, 3.05) is 0 Å². The van der Waals surface area contributed by atoms with E-state index in [0.29, 0.717) is 0 Å². The number of benzene rings is 2. The van der Waals surface area contributed by atoms with Gasteiger partial charge in [0.2, 0.25) is 0 Å². The second-order valence-electron chi connectivity index (χ2n) is 4.43.